The Morgan fingerprint density at radius 3 is 2.46 bits per heavy atom. The third-order valence-electron chi connectivity index (χ3n) is 4.55. The minimum Gasteiger partial charge on any atom is -0.339 e. The maximum absolute atomic E-state index is 12.5. The lowest BCUT2D eigenvalue weighted by Crippen LogP contribution is -2.51. The Bertz CT molecular complexity index is 838. The van der Waals surface area contributed by atoms with Crippen LogP contribution in [0.5, 0.6) is 0 Å². The highest BCUT2D eigenvalue weighted by Crippen LogP contribution is 2.22. The fraction of sp³-hybridized carbons (Fsp3) is 0.471. The van der Waals surface area contributed by atoms with Crippen LogP contribution in [0, 0.1) is 6.92 Å². The Hall–Kier alpha value is -1.26. The van der Waals surface area contributed by atoms with Gasteiger partial charge in [0.1, 0.15) is 4.21 Å². The van der Waals surface area contributed by atoms with Crippen molar-refractivity contribution < 1.29 is 13.2 Å². The Balaban J connectivity index is 1.51. The van der Waals surface area contributed by atoms with Gasteiger partial charge >= 0.3 is 0 Å². The second-order valence-electron chi connectivity index (χ2n) is 6.39. The smallest absolute Gasteiger partial charge is 0.252 e. The number of sulfonamides is 1. The van der Waals surface area contributed by atoms with Crippen molar-refractivity contribution in [1.29, 1.82) is 0 Å². The molecule has 1 aliphatic heterocycles. The first-order chi connectivity index (χ1) is 12.4. The summed E-state index contributed by atoms with van der Waals surface area (Å²) < 4.78 is 27.0. The van der Waals surface area contributed by atoms with Crippen LogP contribution in [-0.4, -0.2) is 68.2 Å². The van der Waals surface area contributed by atoms with Gasteiger partial charge in [-0.15, -0.1) is 22.7 Å². The van der Waals surface area contributed by atoms with Gasteiger partial charge < -0.3 is 4.90 Å². The van der Waals surface area contributed by atoms with Gasteiger partial charge in [0.2, 0.25) is 5.91 Å². The number of thiophene rings is 2. The zero-order valence-corrected chi connectivity index (χ0v) is 17.4. The van der Waals surface area contributed by atoms with Crippen LogP contribution in [0.4, 0.5) is 0 Å². The largest absolute Gasteiger partial charge is 0.339 e. The van der Waals surface area contributed by atoms with E-state index in [4.69, 9.17) is 0 Å². The Morgan fingerprint density at radius 1 is 1.15 bits per heavy atom. The summed E-state index contributed by atoms with van der Waals surface area (Å²) in [5.41, 5.74) is 1.21. The van der Waals surface area contributed by atoms with Crippen LogP contribution in [0.1, 0.15) is 10.4 Å². The highest BCUT2D eigenvalue weighted by atomic mass is 32.2. The average molecular weight is 414 g/mol. The molecule has 0 bridgehead atoms. The van der Waals surface area contributed by atoms with Crippen LogP contribution in [0.15, 0.2) is 33.2 Å². The van der Waals surface area contributed by atoms with Crippen LogP contribution in [0.3, 0.4) is 0 Å². The van der Waals surface area contributed by atoms with E-state index in [1.54, 1.807) is 33.7 Å². The molecular formula is C17H23N3O3S3. The van der Waals surface area contributed by atoms with E-state index >= 15 is 0 Å². The summed E-state index contributed by atoms with van der Waals surface area (Å²) in [5.74, 6) is 0.0624. The number of rotatable bonds is 6. The normalized spacial score (nSPS) is 16.7. The quantitative estimate of drug-likeness (QED) is 0.728. The molecule has 0 unspecified atom stereocenters. The highest BCUT2D eigenvalue weighted by molar-refractivity contribution is 7.91. The second kappa shape index (κ2) is 8.18. The van der Waals surface area contributed by atoms with E-state index < -0.39 is 10.0 Å². The molecular weight excluding hydrogens is 390 g/mol. The van der Waals surface area contributed by atoms with Crippen LogP contribution in [0.2, 0.25) is 0 Å². The van der Waals surface area contributed by atoms with E-state index in [2.05, 4.69) is 13.0 Å². The van der Waals surface area contributed by atoms with Gasteiger partial charge in [-0.3, -0.25) is 9.69 Å². The minimum absolute atomic E-state index is 0.0624. The Morgan fingerprint density at radius 2 is 1.88 bits per heavy atom. The summed E-state index contributed by atoms with van der Waals surface area (Å²) in [6.07, 6.45) is 0. The van der Waals surface area contributed by atoms with E-state index in [0.29, 0.717) is 43.5 Å². The molecule has 0 atom stereocenters. The molecule has 0 N–H and O–H groups in total. The first-order valence-corrected chi connectivity index (χ1v) is 11.6. The Kier molecular flexibility index (Phi) is 6.13. The van der Waals surface area contributed by atoms with E-state index in [0.717, 1.165) is 0 Å². The van der Waals surface area contributed by atoms with Gasteiger partial charge in [0.15, 0.2) is 0 Å². The summed E-state index contributed by atoms with van der Waals surface area (Å²) in [6, 6.07) is 5.45. The Labute approximate surface area is 162 Å². The molecule has 2 aromatic heterocycles. The van der Waals surface area contributed by atoms with Crippen molar-refractivity contribution >= 4 is 38.6 Å². The number of aryl methyl sites for hydroxylation is 1. The van der Waals surface area contributed by atoms with Crippen molar-refractivity contribution in [3.05, 3.63) is 39.4 Å². The van der Waals surface area contributed by atoms with Crippen molar-refractivity contribution in [2.24, 2.45) is 0 Å². The van der Waals surface area contributed by atoms with Crippen LogP contribution < -0.4 is 0 Å². The molecule has 0 aliphatic carbocycles. The van der Waals surface area contributed by atoms with Gasteiger partial charge in [0.05, 0.1) is 13.1 Å². The summed E-state index contributed by atoms with van der Waals surface area (Å²) in [4.78, 5) is 17.4. The molecule has 142 valence electrons. The number of carbonyl (C=O) groups excluding carboxylic acids is 1. The minimum atomic E-state index is -3.39. The lowest BCUT2D eigenvalue weighted by molar-refractivity contribution is -0.131. The maximum Gasteiger partial charge on any atom is 0.252 e. The predicted molar refractivity (Wildman–Crippen MR) is 105 cm³/mol. The average Bonchev–Trinajstić information content (AvgIpc) is 3.28. The number of piperazine rings is 1. The van der Waals surface area contributed by atoms with Crippen molar-refractivity contribution in [3.63, 3.8) is 0 Å². The first-order valence-electron chi connectivity index (χ1n) is 8.41. The van der Waals surface area contributed by atoms with Gasteiger partial charge in [-0.2, -0.15) is 4.31 Å². The zero-order chi connectivity index (χ0) is 18.7. The standard InChI is InChI=1S/C17H23N3O3S3/c1-14-5-11-24-15(14)12-18(2)16(21)13-19-6-8-20(9-7-19)26(22,23)17-4-3-10-25-17/h3-5,10-11H,6-9,12-13H2,1-2H3. The molecule has 1 fully saturated rings. The first kappa shape index (κ1) is 19.5. The number of hydrogen-bond acceptors (Lipinski definition) is 6. The molecule has 1 saturated heterocycles. The molecule has 9 heteroatoms. The number of likely N-dealkylation sites (N-methyl/N-ethyl adjacent to an activating group) is 1. The molecule has 0 radical (unpaired) electrons. The predicted octanol–water partition coefficient (Wildman–Crippen LogP) is 2.08. The third kappa shape index (κ3) is 4.34. The highest BCUT2D eigenvalue weighted by Gasteiger charge is 2.30. The van der Waals surface area contributed by atoms with Crippen molar-refractivity contribution in [2.75, 3.05) is 39.8 Å². The summed E-state index contributed by atoms with van der Waals surface area (Å²) in [5, 5.41) is 3.81. The lowest BCUT2D eigenvalue weighted by Gasteiger charge is -2.34. The van der Waals surface area contributed by atoms with Crippen molar-refractivity contribution in [3.8, 4) is 0 Å². The molecule has 2 aromatic rings. The zero-order valence-electron chi connectivity index (χ0n) is 14.9. The van der Waals surface area contributed by atoms with Gasteiger partial charge in [-0.05, 0) is 35.4 Å². The number of hydrogen-bond donors (Lipinski definition) is 0. The van der Waals surface area contributed by atoms with Gasteiger partial charge in [-0.25, -0.2) is 8.42 Å². The van der Waals surface area contributed by atoms with Crippen molar-refractivity contribution in [2.45, 2.75) is 17.7 Å². The fourth-order valence-electron chi connectivity index (χ4n) is 2.85. The summed E-state index contributed by atoms with van der Waals surface area (Å²) in [7, 11) is -1.58. The molecule has 26 heavy (non-hydrogen) atoms. The summed E-state index contributed by atoms with van der Waals surface area (Å²) in [6.45, 7) is 4.98. The third-order valence-corrected chi connectivity index (χ3v) is 8.83. The lowest BCUT2D eigenvalue weighted by atomic mass is 10.3. The van der Waals surface area contributed by atoms with Crippen LogP contribution >= 0.6 is 22.7 Å². The van der Waals surface area contributed by atoms with Crippen LogP contribution in [-0.2, 0) is 21.4 Å². The van der Waals surface area contributed by atoms with Gasteiger partial charge in [0, 0.05) is 38.1 Å². The number of carbonyl (C=O) groups is 1. The molecule has 3 rings (SSSR count). The number of nitrogens with zero attached hydrogens (tertiary/aromatic N) is 3. The molecule has 1 amide bonds. The molecule has 0 saturated carbocycles. The molecule has 3 heterocycles. The SMILES string of the molecule is Cc1ccsc1CN(C)C(=O)CN1CCN(S(=O)(=O)c2cccs2)CC1. The molecule has 0 aromatic carbocycles. The number of amides is 1. The molecule has 1 aliphatic rings. The molecule has 6 nitrogen and oxygen atoms in total. The molecule has 0 spiro atoms. The summed E-state index contributed by atoms with van der Waals surface area (Å²) >= 11 is 2.90. The second-order valence-corrected chi connectivity index (χ2v) is 10.5. The van der Waals surface area contributed by atoms with Gasteiger partial charge in [-0.1, -0.05) is 6.07 Å². The monoisotopic (exact) mass is 413 g/mol. The van der Waals surface area contributed by atoms with E-state index in [9.17, 15) is 13.2 Å². The van der Waals surface area contributed by atoms with E-state index in [1.807, 2.05) is 17.3 Å². The van der Waals surface area contributed by atoms with Crippen LogP contribution in [0.25, 0.3) is 0 Å². The van der Waals surface area contributed by atoms with E-state index in [-0.39, 0.29) is 5.91 Å². The van der Waals surface area contributed by atoms with Gasteiger partial charge in [0.25, 0.3) is 10.0 Å². The topological polar surface area (TPSA) is 60.9 Å². The van der Waals surface area contributed by atoms with Crippen molar-refractivity contribution in [1.82, 2.24) is 14.1 Å². The fourth-order valence-corrected chi connectivity index (χ4v) is 6.37. The maximum atomic E-state index is 12.5. The van der Waals surface area contributed by atoms with E-state index in [1.165, 1.54) is 26.1 Å².